The molecule has 1 amide bonds. The van der Waals surface area contributed by atoms with E-state index in [0.29, 0.717) is 17.6 Å². The first-order valence-electron chi connectivity index (χ1n) is 10.7. The molecule has 0 saturated heterocycles. The number of hydrogen-bond acceptors (Lipinski definition) is 8. The molecule has 33 heavy (non-hydrogen) atoms. The summed E-state index contributed by atoms with van der Waals surface area (Å²) >= 11 is 0. The van der Waals surface area contributed by atoms with Crippen molar-refractivity contribution in [1.29, 1.82) is 0 Å². The van der Waals surface area contributed by atoms with Crippen LogP contribution in [0.15, 0.2) is 41.1 Å². The number of benzene rings is 1. The number of hydrogen-bond donors (Lipinski definition) is 1. The number of methoxy groups -OCH3 is 1. The Morgan fingerprint density at radius 1 is 1.03 bits per heavy atom. The van der Waals surface area contributed by atoms with Gasteiger partial charge in [-0.2, -0.15) is 4.98 Å². The lowest BCUT2D eigenvalue weighted by Crippen LogP contribution is -2.29. The van der Waals surface area contributed by atoms with Crippen LogP contribution in [0.2, 0.25) is 0 Å². The molecule has 3 aromatic rings. The maximum Gasteiger partial charge on any atom is 0.313 e. The van der Waals surface area contributed by atoms with E-state index < -0.39 is 23.8 Å². The number of amides is 1. The number of carbonyl (C=O) groups excluding carboxylic acids is 2. The number of nitrogens with one attached hydrogen (secondary N) is 1. The van der Waals surface area contributed by atoms with Crippen LogP contribution in [0.1, 0.15) is 68.5 Å². The van der Waals surface area contributed by atoms with E-state index in [0.717, 1.165) is 5.56 Å². The van der Waals surface area contributed by atoms with Crippen LogP contribution in [0.3, 0.4) is 0 Å². The summed E-state index contributed by atoms with van der Waals surface area (Å²) in [6.07, 6.45) is 1.40. The number of rotatable bonds is 8. The third-order valence-corrected chi connectivity index (χ3v) is 4.98. The van der Waals surface area contributed by atoms with Crippen LogP contribution in [0.4, 0.5) is 0 Å². The van der Waals surface area contributed by atoms with Gasteiger partial charge in [-0.15, -0.1) is 0 Å². The first-order chi connectivity index (χ1) is 15.7. The van der Waals surface area contributed by atoms with Gasteiger partial charge in [-0.05, 0) is 30.5 Å². The van der Waals surface area contributed by atoms with Crippen molar-refractivity contribution in [1.82, 2.24) is 20.4 Å². The molecular weight excluding hydrogens is 424 g/mol. The predicted octanol–water partition coefficient (Wildman–Crippen LogP) is 4.32. The van der Waals surface area contributed by atoms with Gasteiger partial charge in [0.25, 0.3) is 11.8 Å². The summed E-state index contributed by atoms with van der Waals surface area (Å²) in [6, 6.07) is 8.80. The zero-order valence-corrected chi connectivity index (χ0v) is 19.6. The molecule has 2 aromatic heterocycles. The molecule has 0 aliphatic carbocycles. The van der Waals surface area contributed by atoms with E-state index in [1.807, 2.05) is 24.3 Å². The maximum absolute atomic E-state index is 12.9. The number of ether oxygens (including phenoxy) is 2. The topological polar surface area (TPSA) is 116 Å². The molecule has 0 spiro atoms. The lowest BCUT2D eigenvalue weighted by molar-refractivity contribution is -0.137. The van der Waals surface area contributed by atoms with Crippen molar-refractivity contribution in [3.05, 3.63) is 53.6 Å². The van der Waals surface area contributed by atoms with Crippen LogP contribution in [0.25, 0.3) is 11.5 Å². The number of aromatic nitrogens is 3. The molecule has 2 heterocycles. The van der Waals surface area contributed by atoms with Gasteiger partial charge in [0, 0.05) is 17.8 Å². The molecule has 1 N–H and O–H groups in total. The molecule has 0 fully saturated rings. The van der Waals surface area contributed by atoms with Gasteiger partial charge in [0.1, 0.15) is 0 Å². The zero-order valence-electron chi connectivity index (χ0n) is 19.6. The van der Waals surface area contributed by atoms with E-state index in [1.165, 1.54) is 24.9 Å². The van der Waals surface area contributed by atoms with Gasteiger partial charge in [0.2, 0.25) is 5.75 Å². The molecule has 1 aromatic carbocycles. The minimum Gasteiger partial charge on any atom is -0.493 e. The molecule has 0 saturated carbocycles. The Balaban J connectivity index is 1.78. The summed E-state index contributed by atoms with van der Waals surface area (Å²) in [4.78, 5) is 33.6. The Morgan fingerprint density at radius 2 is 1.73 bits per heavy atom. The van der Waals surface area contributed by atoms with Gasteiger partial charge < -0.3 is 19.3 Å². The lowest BCUT2D eigenvalue weighted by Gasteiger charge is -2.15. The van der Waals surface area contributed by atoms with E-state index in [1.54, 1.807) is 20.8 Å². The van der Waals surface area contributed by atoms with Gasteiger partial charge in [-0.25, -0.2) is 4.98 Å². The molecule has 9 heteroatoms. The van der Waals surface area contributed by atoms with Crippen LogP contribution in [0.5, 0.6) is 11.5 Å². The average molecular weight is 453 g/mol. The van der Waals surface area contributed by atoms with Crippen molar-refractivity contribution in [2.45, 2.75) is 46.6 Å². The third kappa shape index (κ3) is 5.54. The van der Waals surface area contributed by atoms with Crippen molar-refractivity contribution >= 4 is 11.9 Å². The molecular formula is C24H28N4O5. The molecule has 0 aliphatic rings. The fourth-order valence-corrected chi connectivity index (χ4v) is 2.94. The Labute approximate surface area is 192 Å². The number of nitrogens with zero attached hydrogens (tertiary/aromatic N) is 3. The summed E-state index contributed by atoms with van der Waals surface area (Å²) in [5.74, 6) is -0.205. The monoisotopic (exact) mass is 452 g/mol. The smallest absolute Gasteiger partial charge is 0.313 e. The zero-order chi connectivity index (χ0) is 24.1. The largest absolute Gasteiger partial charge is 0.493 e. The second-order valence-electron chi connectivity index (χ2n) is 8.20. The highest BCUT2D eigenvalue weighted by molar-refractivity contribution is 5.96. The summed E-state index contributed by atoms with van der Waals surface area (Å²) in [7, 11) is 1.42. The molecule has 1 atom stereocenters. The van der Waals surface area contributed by atoms with Gasteiger partial charge in [-0.1, -0.05) is 45.0 Å². The lowest BCUT2D eigenvalue weighted by atomic mass is 10.0. The SMILES string of the molecule is COc1ccnc(C(=O)N[C@@H](C)c2noc(-c3ccc(C(C)C)cc3)n2)c1OC(=O)C(C)C. The quantitative estimate of drug-likeness (QED) is 0.502. The third-order valence-electron chi connectivity index (χ3n) is 4.98. The fraction of sp³-hybridized carbons (Fsp3) is 0.375. The first-order valence-corrected chi connectivity index (χ1v) is 10.7. The highest BCUT2D eigenvalue weighted by Gasteiger charge is 2.25. The van der Waals surface area contributed by atoms with Crippen LogP contribution in [0, 0.1) is 5.92 Å². The first kappa shape index (κ1) is 23.9. The molecule has 9 nitrogen and oxygen atoms in total. The average Bonchev–Trinajstić information content (AvgIpc) is 3.29. The molecule has 0 bridgehead atoms. The summed E-state index contributed by atoms with van der Waals surface area (Å²) in [5, 5.41) is 6.76. The highest BCUT2D eigenvalue weighted by atomic mass is 16.6. The summed E-state index contributed by atoms with van der Waals surface area (Å²) in [6.45, 7) is 9.34. The van der Waals surface area contributed by atoms with Crippen molar-refractivity contribution in [2.75, 3.05) is 7.11 Å². The van der Waals surface area contributed by atoms with Crippen molar-refractivity contribution in [3.8, 4) is 23.0 Å². The van der Waals surface area contributed by atoms with E-state index >= 15 is 0 Å². The Bertz CT molecular complexity index is 1120. The van der Waals surface area contributed by atoms with E-state index in [4.69, 9.17) is 14.0 Å². The van der Waals surface area contributed by atoms with Crippen LogP contribution in [-0.2, 0) is 4.79 Å². The molecule has 0 radical (unpaired) electrons. The Kier molecular flexibility index (Phi) is 7.42. The van der Waals surface area contributed by atoms with Crippen LogP contribution in [-0.4, -0.2) is 34.1 Å². The maximum atomic E-state index is 12.9. The van der Waals surface area contributed by atoms with Gasteiger partial charge in [0.15, 0.2) is 17.3 Å². The normalized spacial score (nSPS) is 12.0. The fourth-order valence-electron chi connectivity index (χ4n) is 2.94. The predicted molar refractivity (Wildman–Crippen MR) is 121 cm³/mol. The standard InChI is InChI=1S/C24H28N4O5/c1-13(2)16-7-9-17(10-8-16)23-27-21(28-33-23)15(5)26-22(29)19-20(32-24(30)14(3)4)18(31-6)11-12-25-19/h7-15H,1-6H3,(H,26,29)/t15-/m0/s1. The van der Waals surface area contributed by atoms with Gasteiger partial charge in [0.05, 0.1) is 19.1 Å². The second-order valence-corrected chi connectivity index (χ2v) is 8.20. The van der Waals surface area contributed by atoms with Crippen molar-refractivity contribution in [2.24, 2.45) is 5.92 Å². The number of esters is 1. The van der Waals surface area contributed by atoms with Crippen molar-refractivity contribution in [3.63, 3.8) is 0 Å². The van der Waals surface area contributed by atoms with E-state index in [9.17, 15) is 9.59 Å². The van der Waals surface area contributed by atoms with Crippen LogP contribution >= 0.6 is 0 Å². The Hall–Kier alpha value is -3.75. The number of carbonyl (C=O) groups is 2. The van der Waals surface area contributed by atoms with E-state index in [-0.39, 0.29) is 17.2 Å². The highest BCUT2D eigenvalue weighted by Crippen LogP contribution is 2.31. The summed E-state index contributed by atoms with van der Waals surface area (Å²) < 4.78 is 16.0. The minimum atomic E-state index is -0.591. The molecule has 0 aliphatic heterocycles. The molecule has 3 rings (SSSR count). The minimum absolute atomic E-state index is 0.0394. The second kappa shape index (κ2) is 10.2. The van der Waals surface area contributed by atoms with E-state index in [2.05, 4.69) is 34.3 Å². The molecule has 174 valence electrons. The number of pyridine rings is 1. The Morgan fingerprint density at radius 3 is 2.33 bits per heavy atom. The van der Waals surface area contributed by atoms with Crippen LogP contribution < -0.4 is 14.8 Å². The van der Waals surface area contributed by atoms with Crippen molar-refractivity contribution < 1.29 is 23.6 Å². The van der Waals surface area contributed by atoms with Gasteiger partial charge >= 0.3 is 5.97 Å². The van der Waals surface area contributed by atoms with Gasteiger partial charge in [-0.3, -0.25) is 9.59 Å². The molecule has 0 unspecified atom stereocenters. The summed E-state index contributed by atoms with van der Waals surface area (Å²) in [5.41, 5.74) is 1.91.